The fourth-order valence-electron chi connectivity index (χ4n) is 4.20. The molecule has 0 bridgehead atoms. The molecule has 0 atom stereocenters. The zero-order valence-corrected chi connectivity index (χ0v) is 19.4. The van der Waals surface area contributed by atoms with E-state index in [1.165, 1.54) is 34.4 Å². The zero-order chi connectivity index (χ0) is 22.7. The van der Waals surface area contributed by atoms with Crippen molar-refractivity contribution in [3.05, 3.63) is 131 Å². The van der Waals surface area contributed by atoms with Gasteiger partial charge in [0.15, 0.2) is 0 Å². The van der Waals surface area contributed by atoms with Crippen LogP contribution in [0.3, 0.4) is 0 Å². The second-order valence-corrected chi connectivity index (χ2v) is 8.37. The molecule has 3 aromatic carbocycles. The molecule has 0 radical (unpaired) electrons. The number of hydrogen-bond donors (Lipinski definition) is 0. The Morgan fingerprint density at radius 3 is 2.42 bits per heavy atom. The maximum atomic E-state index is 4.54. The van der Waals surface area contributed by atoms with Crippen LogP contribution in [0.5, 0.6) is 0 Å². The van der Waals surface area contributed by atoms with Gasteiger partial charge in [0.25, 0.3) is 0 Å². The highest BCUT2D eigenvalue weighted by Crippen LogP contribution is 2.30. The third kappa shape index (κ3) is 6.66. The molecule has 0 amide bonds. The summed E-state index contributed by atoms with van der Waals surface area (Å²) in [5.41, 5.74) is 7.79. The number of rotatable bonds is 8. The summed E-state index contributed by atoms with van der Waals surface area (Å²) in [6.45, 7) is 4.84. The van der Waals surface area contributed by atoms with Gasteiger partial charge in [0.05, 0.1) is 6.54 Å². The molecule has 0 unspecified atom stereocenters. The van der Waals surface area contributed by atoms with Gasteiger partial charge in [0.1, 0.15) is 0 Å². The smallest absolute Gasteiger partial charge is 0.0639 e. The van der Waals surface area contributed by atoms with Gasteiger partial charge >= 0.3 is 0 Å². The van der Waals surface area contributed by atoms with E-state index >= 15 is 0 Å². The molecule has 0 aliphatic carbocycles. The largest absolute Gasteiger partial charge is 0.367 e. The molecule has 4 rings (SSSR count). The average molecular weight is 433 g/mol. The van der Waals surface area contributed by atoms with Gasteiger partial charge in [-0.25, -0.2) is 0 Å². The first-order valence-electron chi connectivity index (χ1n) is 11.8. The fourth-order valence-corrected chi connectivity index (χ4v) is 4.20. The van der Waals surface area contributed by atoms with Crippen LogP contribution < -0.4 is 4.90 Å². The predicted molar refractivity (Wildman–Crippen MR) is 143 cm³/mol. The predicted octanol–water partition coefficient (Wildman–Crippen LogP) is 7.43. The van der Waals surface area contributed by atoms with Gasteiger partial charge < -0.3 is 4.90 Å². The van der Waals surface area contributed by atoms with Crippen molar-refractivity contribution in [1.82, 2.24) is 0 Å². The number of aliphatic imine (C=N–C) groups is 1. The molecule has 0 saturated heterocycles. The maximum Gasteiger partial charge on any atom is 0.0639 e. The van der Waals surface area contributed by atoms with E-state index in [1.807, 2.05) is 31.3 Å². The van der Waals surface area contributed by atoms with Crippen LogP contribution in [0, 0.1) is 0 Å². The van der Waals surface area contributed by atoms with Gasteiger partial charge in [0, 0.05) is 25.0 Å². The van der Waals surface area contributed by atoms with Crippen LogP contribution in [-0.4, -0.2) is 12.8 Å². The minimum atomic E-state index is 0.703. The van der Waals surface area contributed by atoms with E-state index < -0.39 is 0 Å². The lowest BCUT2D eigenvalue weighted by Crippen LogP contribution is -2.28. The molecule has 2 heteroatoms. The summed E-state index contributed by atoms with van der Waals surface area (Å²) < 4.78 is 0. The number of hydrogen-bond acceptors (Lipinski definition) is 2. The van der Waals surface area contributed by atoms with E-state index in [0.717, 1.165) is 25.1 Å². The highest BCUT2D eigenvalue weighted by atomic mass is 15.1. The Hall–Kier alpha value is -3.65. The first-order chi connectivity index (χ1) is 16.3. The number of aryl methyl sites for hydroxylation is 1. The first kappa shape index (κ1) is 22.5. The highest BCUT2D eigenvalue weighted by Gasteiger charge is 2.16. The summed E-state index contributed by atoms with van der Waals surface area (Å²) in [5, 5.41) is 0. The lowest BCUT2D eigenvalue weighted by molar-refractivity contribution is 0.691. The van der Waals surface area contributed by atoms with Gasteiger partial charge in [-0.05, 0) is 65.8 Å². The van der Waals surface area contributed by atoms with Gasteiger partial charge in [-0.3, -0.25) is 4.99 Å². The van der Waals surface area contributed by atoms with Gasteiger partial charge in [0.2, 0.25) is 0 Å². The van der Waals surface area contributed by atoms with Crippen LogP contribution in [0.1, 0.15) is 35.6 Å². The Labute approximate surface area is 198 Å². The molecule has 1 aliphatic heterocycles. The van der Waals surface area contributed by atoms with Crippen molar-refractivity contribution < 1.29 is 0 Å². The monoisotopic (exact) mass is 432 g/mol. The van der Waals surface area contributed by atoms with Gasteiger partial charge in [-0.2, -0.15) is 0 Å². The van der Waals surface area contributed by atoms with Gasteiger partial charge in [-0.15, -0.1) is 0 Å². The zero-order valence-electron chi connectivity index (χ0n) is 19.4. The van der Waals surface area contributed by atoms with Crippen LogP contribution >= 0.6 is 0 Å². The van der Waals surface area contributed by atoms with Crippen LogP contribution in [0.2, 0.25) is 0 Å². The molecular formula is C31H32N2. The Morgan fingerprint density at radius 2 is 1.67 bits per heavy atom. The normalized spacial score (nSPS) is 14.5. The third-order valence-corrected chi connectivity index (χ3v) is 5.85. The number of allylic oxidation sites excluding steroid dienone is 5. The lowest BCUT2D eigenvalue weighted by atomic mass is 9.98. The maximum absolute atomic E-state index is 4.54. The van der Waals surface area contributed by atoms with E-state index in [1.54, 1.807) is 0 Å². The van der Waals surface area contributed by atoms with E-state index in [-0.39, 0.29) is 0 Å². The van der Waals surface area contributed by atoms with E-state index in [4.69, 9.17) is 0 Å². The van der Waals surface area contributed by atoms with Crippen molar-refractivity contribution in [3.63, 3.8) is 0 Å². The van der Waals surface area contributed by atoms with Crippen LogP contribution in [0.25, 0.3) is 6.08 Å². The topological polar surface area (TPSA) is 15.6 Å². The summed E-state index contributed by atoms with van der Waals surface area (Å²) in [7, 11) is 0. The highest BCUT2D eigenvalue weighted by molar-refractivity contribution is 5.75. The Bertz CT molecular complexity index is 1140. The Morgan fingerprint density at radius 1 is 0.909 bits per heavy atom. The molecule has 0 spiro atoms. The van der Waals surface area contributed by atoms with Crippen molar-refractivity contribution in [2.45, 2.75) is 32.9 Å². The van der Waals surface area contributed by atoms with Crippen molar-refractivity contribution in [1.29, 1.82) is 0 Å². The van der Waals surface area contributed by atoms with Gasteiger partial charge in [-0.1, -0.05) is 91.0 Å². The third-order valence-electron chi connectivity index (χ3n) is 5.85. The molecule has 3 aromatic rings. The van der Waals surface area contributed by atoms with Crippen molar-refractivity contribution >= 4 is 18.0 Å². The van der Waals surface area contributed by atoms with E-state index in [2.05, 4.69) is 101 Å². The summed E-state index contributed by atoms with van der Waals surface area (Å²) in [5.74, 6) is 0. The fraction of sp³-hybridized carbons (Fsp3) is 0.194. The summed E-state index contributed by atoms with van der Waals surface area (Å²) in [6, 6.07) is 28.0. The minimum Gasteiger partial charge on any atom is -0.367 e. The quantitative estimate of drug-likeness (QED) is 0.267. The number of fused-ring (bicyclic) bond motifs is 1. The van der Waals surface area contributed by atoms with Crippen molar-refractivity contribution in [3.8, 4) is 0 Å². The average Bonchev–Trinajstić information content (AvgIpc) is 2.86. The lowest BCUT2D eigenvalue weighted by Gasteiger charge is -2.31. The molecule has 0 N–H and O–H groups in total. The molecule has 166 valence electrons. The number of anilines is 1. The second-order valence-electron chi connectivity index (χ2n) is 8.37. The molecule has 0 fully saturated rings. The number of benzene rings is 3. The van der Waals surface area contributed by atoms with Crippen LogP contribution in [0.4, 0.5) is 5.69 Å². The number of nitrogens with zero attached hydrogens (tertiary/aromatic N) is 2. The molecule has 0 saturated carbocycles. The second kappa shape index (κ2) is 11.8. The van der Waals surface area contributed by atoms with E-state index in [0.29, 0.717) is 6.54 Å². The minimum absolute atomic E-state index is 0.703. The molecule has 0 aromatic heterocycles. The Balaban J connectivity index is 1.44. The molecule has 1 aliphatic rings. The summed E-state index contributed by atoms with van der Waals surface area (Å²) in [6.07, 6.45) is 14.9. The molecular weight excluding hydrogens is 400 g/mol. The van der Waals surface area contributed by atoms with E-state index in [9.17, 15) is 0 Å². The molecule has 1 heterocycles. The van der Waals surface area contributed by atoms with Crippen molar-refractivity contribution in [2.24, 2.45) is 4.99 Å². The van der Waals surface area contributed by atoms with Crippen LogP contribution in [0.15, 0.2) is 114 Å². The standard InChI is InChI=1S/C31H32N2/c1-2-10-26(20-21-32-24-28-11-5-3-6-12-28)16-17-27-18-19-31-30(23-27)15-9-22-33(31)25-29-13-7-4-8-14-29/h2-8,10-14,16-21,23H,9,15,22,24-25H2,1H3/b10-2-,17-16?,26-20+,32-21?. The Kier molecular flexibility index (Phi) is 8.08. The van der Waals surface area contributed by atoms with Crippen LogP contribution in [-0.2, 0) is 19.5 Å². The molecule has 2 nitrogen and oxygen atoms in total. The summed E-state index contributed by atoms with van der Waals surface area (Å²) in [4.78, 5) is 7.05. The molecule has 33 heavy (non-hydrogen) atoms. The summed E-state index contributed by atoms with van der Waals surface area (Å²) >= 11 is 0. The SMILES string of the molecule is C/C=C\C(C=Cc1ccc2c(c1)CCCN2Cc1ccccc1)=C/C=NCc1ccccc1. The first-order valence-corrected chi connectivity index (χ1v) is 11.8. The van der Waals surface area contributed by atoms with Crippen molar-refractivity contribution in [2.75, 3.05) is 11.4 Å².